The SMILES string of the molecule is CCN(Cc1ccccc1)C(=O)COC(=O)c1cc(S(=O)(=O)N(C)C)ccc1C. The second-order valence-electron chi connectivity index (χ2n) is 6.73. The maximum absolute atomic E-state index is 12.5. The van der Waals surface area contributed by atoms with Crippen molar-refractivity contribution >= 4 is 21.9 Å². The number of benzene rings is 2. The quantitative estimate of drug-likeness (QED) is 0.615. The van der Waals surface area contributed by atoms with Crippen molar-refractivity contribution in [2.75, 3.05) is 27.2 Å². The number of sulfonamides is 1. The average Bonchev–Trinajstić information content (AvgIpc) is 2.70. The standard InChI is InChI=1S/C21H26N2O5S/c1-5-23(14-17-9-7-6-8-10-17)20(24)15-28-21(25)19-13-18(12-11-16(19)2)29(26,27)22(3)4/h6-13H,5,14-15H2,1-4H3. The third kappa shape index (κ3) is 5.65. The predicted octanol–water partition coefficient (Wildman–Crippen LogP) is 2.45. The molecule has 0 aliphatic rings. The van der Waals surface area contributed by atoms with Crippen LogP contribution < -0.4 is 0 Å². The molecule has 1 amide bonds. The molecule has 0 radical (unpaired) electrons. The van der Waals surface area contributed by atoms with E-state index < -0.39 is 22.6 Å². The molecule has 2 rings (SSSR count). The molecular formula is C21H26N2O5S. The molecule has 0 unspecified atom stereocenters. The molecule has 0 saturated carbocycles. The van der Waals surface area contributed by atoms with Gasteiger partial charge in [0.2, 0.25) is 10.0 Å². The Labute approximate surface area is 171 Å². The summed E-state index contributed by atoms with van der Waals surface area (Å²) in [6.07, 6.45) is 0. The van der Waals surface area contributed by atoms with Crippen LogP contribution in [0.1, 0.15) is 28.4 Å². The summed E-state index contributed by atoms with van der Waals surface area (Å²) in [5.41, 5.74) is 1.66. The fourth-order valence-corrected chi connectivity index (χ4v) is 3.60. The molecule has 2 aromatic carbocycles. The van der Waals surface area contributed by atoms with Crippen molar-refractivity contribution in [2.24, 2.45) is 0 Å². The lowest BCUT2D eigenvalue weighted by Gasteiger charge is -2.21. The lowest BCUT2D eigenvalue weighted by molar-refractivity contribution is -0.134. The van der Waals surface area contributed by atoms with E-state index in [0.717, 1.165) is 9.87 Å². The van der Waals surface area contributed by atoms with Gasteiger partial charge in [-0.1, -0.05) is 36.4 Å². The largest absolute Gasteiger partial charge is 0.452 e. The van der Waals surface area contributed by atoms with Crippen molar-refractivity contribution in [1.29, 1.82) is 0 Å². The van der Waals surface area contributed by atoms with E-state index >= 15 is 0 Å². The summed E-state index contributed by atoms with van der Waals surface area (Å²) in [6.45, 7) is 4.01. The van der Waals surface area contributed by atoms with Gasteiger partial charge < -0.3 is 9.64 Å². The second-order valence-corrected chi connectivity index (χ2v) is 8.89. The van der Waals surface area contributed by atoms with Crippen molar-refractivity contribution in [1.82, 2.24) is 9.21 Å². The van der Waals surface area contributed by atoms with Crippen molar-refractivity contribution in [3.63, 3.8) is 0 Å². The van der Waals surface area contributed by atoms with Gasteiger partial charge >= 0.3 is 5.97 Å². The molecule has 0 heterocycles. The maximum atomic E-state index is 12.5. The third-order valence-electron chi connectivity index (χ3n) is 4.48. The Morgan fingerprint density at radius 1 is 1.03 bits per heavy atom. The number of carbonyl (C=O) groups excluding carboxylic acids is 2. The molecule has 0 aromatic heterocycles. The monoisotopic (exact) mass is 418 g/mol. The van der Waals surface area contributed by atoms with E-state index in [4.69, 9.17) is 4.74 Å². The van der Waals surface area contributed by atoms with E-state index in [-0.39, 0.29) is 16.4 Å². The summed E-state index contributed by atoms with van der Waals surface area (Å²) in [5, 5.41) is 0. The fourth-order valence-electron chi connectivity index (χ4n) is 2.67. The molecule has 8 heteroatoms. The van der Waals surface area contributed by atoms with Gasteiger partial charge in [0.05, 0.1) is 10.5 Å². The van der Waals surface area contributed by atoms with Crippen LogP contribution in [0, 0.1) is 6.92 Å². The number of aryl methyl sites for hydroxylation is 1. The summed E-state index contributed by atoms with van der Waals surface area (Å²) < 4.78 is 30.8. The highest BCUT2D eigenvalue weighted by molar-refractivity contribution is 7.89. The zero-order valence-electron chi connectivity index (χ0n) is 17.1. The minimum Gasteiger partial charge on any atom is -0.452 e. The molecule has 0 aliphatic heterocycles. The van der Waals surface area contributed by atoms with Crippen molar-refractivity contribution in [2.45, 2.75) is 25.3 Å². The van der Waals surface area contributed by atoms with Gasteiger partial charge in [0.25, 0.3) is 5.91 Å². The zero-order chi connectivity index (χ0) is 21.6. The number of likely N-dealkylation sites (N-methyl/N-ethyl adjacent to an activating group) is 1. The van der Waals surface area contributed by atoms with E-state index in [1.54, 1.807) is 17.9 Å². The summed E-state index contributed by atoms with van der Waals surface area (Å²) in [6, 6.07) is 13.8. The van der Waals surface area contributed by atoms with Crippen LogP contribution in [0.5, 0.6) is 0 Å². The summed E-state index contributed by atoms with van der Waals surface area (Å²) in [7, 11) is -0.853. The van der Waals surface area contributed by atoms with Crippen molar-refractivity contribution in [3.8, 4) is 0 Å². The van der Waals surface area contributed by atoms with Crippen molar-refractivity contribution in [3.05, 3.63) is 65.2 Å². The molecule has 0 fully saturated rings. The zero-order valence-corrected chi connectivity index (χ0v) is 17.9. The van der Waals surface area contributed by atoms with E-state index in [1.807, 2.05) is 37.3 Å². The van der Waals surface area contributed by atoms with Crippen LogP contribution in [-0.4, -0.2) is 56.7 Å². The first-order valence-corrected chi connectivity index (χ1v) is 10.6. The fraction of sp³-hybridized carbons (Fsp3) is 0.333. The first kappa shape index (κ1) is 22.6. The highest BCUT2D eigenvalue weighted by Gasteiger charge is 2.22. The number of rotatable bonds is 8. The van der Waals surface area contributed by atoms with Crippen LogP contribution in [0.3, 0.4) is 0 Å². The van der Waals surface area contributed by atoms with E-state index in [2.05, 4.69) is 0 Å². The smallest absolute Gasteiger partial charge is 0.338 e. The van der Waals surface area contributed by atoms with Gasteiger partial charge in [-0.05, 0) is 37.1 Å². The van der Waals surface area contributed by atoms with Gasteiger partial charge in [0, 0.05) is 27.2 Å². The van der Waals surface area contributed by atoms with Crippen LogP contribution in [0.25, 0.3) is 0 Å². The number of nitrogens with zero attached hydrogens (tertiary/aromatic N) is 2. The average molecular weight is 419 g/mol. The Balaban J connectivity index is 2.09. The first-order chi connectivity index (χ1) is 13.7. The number of hydrogen-bond acceptors (Lipinski definition) is 5. The molecular weight excluding hydrogens is 392 g/mol. The Morgan fingerprint density at radius 3 is 2.28 bits per heavy atom. The topological polar surface area (TPSA) is 84.0 Å². The van der Waals surface area contributed by atoms with E-state index in [9.17, 15) is 18.0 Å². The van der Waals surface area contributed by atoms with Gasteiger partial charge in [-0.2, -0.15) is 0 Å². The predicted molar refractivity (Wildman–Crippen MR) is 110 cm³/mol. The van der Waals surface area contributed by atoms with Crippen LogP contribution >= 0.6 is 0 Å². The number of ether oxygens (including phenoxy) is 1. The van der Waals surface area contributed by atoms with Gasteiger partial charge in [0.15, 0.2) is 6.61 Å². The Kier molecular flexibility index (Phi) is 7.53. The maximum Gasteiger partial charge on any atom is 0.338 e. The van der Waals surface area contributed by atoms with E-state index in [0.29, 0.717) is 18.7 Å². The Hall–Kier alpha value is -2.71. The molecule has 2 aromatic rings. The molecule has 156 valence electrons. The number of hydrogen-bond donors (Lipinski definition) is 0. The number of esters is 1. The molecule has 0 saturated heterocycles. The Bertz CT molecular complexity index is 972. The summed E-state index contributed by atoms with van der Waals surface area (Å²) in [5.74, 6) is -1.05. The van der Waals surface area contributed by atoms with Gasteiger partial charge in [-0.15, -0.1) is 0 Å². The summed E-state index contributed by atoms with van der Waals surface area (Å²) in [4.78, 5) is 26.5. The minimum absolute atomic E-state index is 0.00867. The van der Waals surface area contributed by atoms with Gasteiger partial charge in [-0.25, -0.2) is 17.5 Å². The lowest BCUT2D eigenvalue weighted by Crippen LogP contribution is -2.34. The lowest BCUT2D eigenvalue weighted by atomic mass is 10.1. The molecule has 0 atom stereocenters. The first-order valence-electron chi connectivity index (χ1n) is 9.18. The van der Waals surface area contributed by atoms with Gasteiger partial charge in [0.1, 0.15) is 0 Å². The number of amides is 1. The highest BCUT2D eigenvalue weighted by atomic mass is 32.2. The van der Waals surface area contributed by atoms with Crippen LogP contribution in [-0.2, 0) is 26.1 Å². The highest BCUT2D eigenvalue weighted by Crippen LogP contribution is 2.19. The molecule has 0 N–H and O–H groups in total. The molecule has 29 heavy (non-hydrogen) atoms. The third-order valence-corrected chi connectivity index (χ3v) is 6.30. The minimum atomic E-state index is -3.68. The Morgan fingerprint density at radius 2 is 1.69 bits per heavy atom. The van der Waals surface area contributed by atoms with Crippen LogP contribution in [0.2, 0.25) is 0 Å². The normalized spacial score (nSPS) is 11.3. The molecule has 7 nitrogen and oxygen atoms in total. The molecule has 0 aliphatic carbocycles. The summed E-state index contributed by atoms with van der Waals surface area (Å²) >= 11 is 0. The van der Waals surface area contributed by atoms with Gasteiger partial charge in [-0.3, -0.25) is 4.79 Å². The second kappa shape index (κ2) is 9.67. The number of carbonyl (C=O) groups is 2. The van der Waals surface area contributed by atoms with E-state index in [1.165, 1.54) is 26.2 Å². The molecule has 0 bridgehead atoms. The van der Waals surface area contributed by atoms with Crippen LogP contribution in [0.15, 0.2) is 53.4 Å². The molecule has 0 spiro atoms. The van der Waals surface area contributed by atoms with Crippen molar-refractivity contribution < 1.29 is 22.7 Å². The van der Waals surface area contributed by atoms with Crippen LogP contribution in [0.4, 0.5) is 0 Å².